The molecule has 1 aliphatic rings. The Bertz CT molecular complexity index is 1520. The SMILES string of the molecule is CCc1ccc2nc(N3C(=O)C(O)=C(C(=O)c4ccc(C)o4)[C@H]3c3ccc(C(C)(C)C)cc3)sc2c1. The molecule has 3 heterocycles. The number of ketones is 1. The van der Waals surface area contributed by atoms with Crippen molar-refractivity contribution in [3.05, 3.63) is 94.1 Å². The molecule has 4 aromatic rings. The number of aromatic nitrogens is 1. The average molecular weight is 501 g/mol. The highest BCUT2D eigenvalue weighted by molar-refractivity contribution is 7.22. The van der Waals surface area contributed by atoms with Gasteiger partial charge in [0, 0.05) is 0 Å². The number of Topliss-reactive ketones (excluding diaryl/α,β-unsaturated/α-hetero) is 1. The maximum atomic E-state index is 13.6. The molecule has 7 heteroatoms. The van der Waals surface area contributed by atoms with Crippen LogP contribution in [0.3, 0.4) is 0 Å². The lowest BCUT2D eigenvalue weighted by Crippen LogP contribution is -2.31. The number of carbonyl (C=O) groups is 2. The Morgan fingerprint density at radius 2 is 1.83 bits per heavy atom. The predicted octanol–water partition coefficient (Wildman–Crippen LogP) is 6.84. The van der Waals surface area contributed by atoms with E-state index >= 15 is 0 Å². The minimum atomic E-state index is -0.837. The van der Waals surface area contributed by atoms with Gasteiger partial charge in [-0.2, -0.15) is 0 Å². The maximum absolute atomic E-state index is 13.6. The number of furan rings is 1. The Morgan fingerprint density at radius 1 is 1.11 bits per heavy atom. The second kappa shape index (κ2) is 8.75. The fourth-order valence-electron chi connectivity index (χ4n) is 4.48. The van der Waals surface area contributed by atoms with Gasteiger partial charge in [-0.3, -0.25) is 14.5 Å². The van der Waals surface area contributed by atoms with E-state index in [0.29, 0.717) is 16.5 Å². The van der Waals surface area contributed by atoms with Gasteiger partial charge in [0.1, 0.15) is 5.76 Å². The Labute approximate surface area is 213 Å². The number of aliphatic hydroxyl groups excluding tert-OH is 1. The van der Waals surface area contributed by atoms with Crippen molar-refractivity contribution < 1.29 is 19.1 Å². The van der Waals surface area contributed by atoms with Crippen molar-refractivity contribution in [2.75, 3.05) is 4.90 Å². The van der Waals surface area contributed by atoms with Gasteiger partial charge in [0.05, 0.1) is 21.8 Å². The summed E-state index contributed by atoms with van der Waals surface area (Å²) in [6.07, 6.45) is 0.887. The summed E-state index contributed by atoms with van der Waals surface area (Å²) >= 11 is 1.37. The van der Waals surface area contributed by atoms with Crippen LogP contribution in [0.15, 0.2) is 70.3 Å². The number of hydrogen-bond acceptors (Lipinski definition) is 6. The van der Waals surface area contributed by atoms with Crippen LogP contribution in [-0.4, -0.2) is 21.8 Å². The van der Waals surface area contributed by atoms with Crippen LogP contribution in [0, 0.1) is 6.92 Å². The number of rotatable bonds is 5. The van der Waals surface area contributed by atoms with Crippen LogP contribution >= 0.6 is 11.3 Å². The fourth-order valence-corrected chi connectivity index (χ4v) is 5.54. The lowest BCUT2D eigenvalue weighted by molar-refractivity contribution is -0.117. The first-order valence-electron chi connectivity index (χ1n) is 12.0. The molecule has 0 saturated heterocycles. The van der Waals surface area contributed by atoms with Crippen molar-refractivity contribution in [3.8, 4) is 0 Å². The molecule has 1 amide bonds. The molecule has 2 aromatic carbocycles. The normalized spacial score (nSPS) is 16.4. The quantitative estimate of drug-likeness (QED) is 0.303. The molecule has 1 aliphatic heterocycles. The summed E-state index contributed by atoms with van der Waals surface area (Å²) in [5.74, 6) is -1.09. The van der Waals surface area contributed by atoms with Gasteiger partial charge in [-0.15, -0.1) is 0 Å². The maximum Gasteiger partial charge on any atom is 0.296 e. The molecular formula is C29H28N2O4S. The Kier molecular flexibility index (Phi) is 5.83. The molecule has 36 heavy (non-hydrogen) atoms. The van der Waals surface area contributed by atoms with E-state index in [1.807, 2.05) is 36.4 Å². The highest BCUT2D eigenvalue weighted by Gasteiger charge is 2.46. The third-order valence-electron chi connectivity index (χ3n) is 6.57. The molecule has 0 saturated carbocycles. The van der Waals surface area contributed by atoms with E-state index in [1.165, 1.54) is 21.8 Å². The lowest BCUT2D eigenvalue weighted by Gasteiger charge is -2.25. The summed E-state index contributed by atoms with van der Waals surface area (Å²) in [5.41, 5.74) is 3.70. The van der Waals surface area contributed by atoms with E-state index in [9.17, 15) is 14.7 Å². The average Bonchev–Trinajstić information content (AvgIpc) is 3.53. The third-order valence-corrected chi connectivity index (χ3v) is 7.58. The summed E-state index contributed by atoms with van der Waals surface area (Å²) in [5, 5.41) is 11.4. The van der Waals surface area contributed by atoms with Crippen molar-refractivity contribution in [2.45, 2.75) is 52.5 Å². The van der Waals surface area contributed by atoms with E-state index in [0.717, 1.165) is 22.2 Å². The summed E-state index contributed by atoms with van der Waals surface area (Å²) in [6.45, 7) is 10.2. The number of amides is 1. The van der Waals surface area contributed by atoms with E-state index in [-0.39, 0.29) is 16.7 Å². The number of anilines is 1. The van der Waals surface area contributed by atoms with Gasteiger partial charge < -0.3 is 9.52 Å². The second-order valence-corrected chi connectivity index (χ2v) is 11.1. The van der Waals surface area contributed by atoms with Crippen LogP contribution in [0.4, 0.5) is 5.13 Å². The highest BCUT2D eigenvalue weighted by atomic mass is 32.1. The number of nitrogens with zero attached hydrogens (tertiary/aromatic N) is 2. The minimum absolute atomic E-state index is 0.00800. The van der Waals surface area contributed by atoms with Gasteiger partial charge in [0.25, 0.3) is 5.91 Å². The first-order valence-corrected chi connectivity index (χ1v) is 12.8. The summed E-state index contributed by atoms with van der Waals surface area (Å²) < 4.78 is 6.51. The van der Waals surface area contributed by atoms with E-state index < -0.39 is 23.5 Å². The molecule has 0 fully saturated rings. The van der Waals surface area contributed by atoms with Crippen LogP contribution in [0.25, 0.3) is 10.2 Å². The molecular weight excluding hydrogens is 472 g/mol. The van der Waals surface area contributed by atoms with Gasteiger partial charge in [0.15, 0.2) is 16.7 Å². The number of aliphatic hydroxyl groups is 1. The van der Waals surface area contributed by atoms with Crippen molar-refractivity contribution in [3.63, 3.8) is 0 Å². The number of aryl methyl sites for hydroxylation is 2. The van der Waals surface area contributed by atoms with Crippen LogP contribution < -0.4 is 4.90 Å². The van der Waals surface area contributed by atoms with Crippen molar-refractivity contribution in [1.29, 1.82) is 0 Å². The number of fused-ring (bicyclic) bond motifs is 1. The third kappa shape index (κ3) is 4.03. The van der Waals surface area contributed by atoms with Crippen molar-refractivity contribution >= 4 is 38.4 Å². The number of carbonyl (C=O) groups excluding carboxylic acids is 2. The first kappa shape index (κ1) is 24.0. The number of thiazole rings is 1. The van der Waals surface area contributed by atoms with Gasteiger partial charge >= 0.3 is 0 Å². The van der Waals surface area contributed by atoms with Crippen LogP contribution in [0.1, 0.15) is 66.7 Å². The number of hydrogen-bond donors (Lipinski definition) is 1. The summed E-state index contributed by atoms with van der Waals surface area (Å²) in [4.78, 5) is 33.2. The van der Waals surface area contributed by atoms with Crippen LogP contribution in [0.5, 0.6) is 0 Å². The molecule has 0 aliphatic carbocycles. The van der Waals surface area contributed by atoms with Crippen LogP contribution in [-0.2, 0) is 16.6 Å². The van der Waals surface area contributed by atoms with Crippen LogP contribution in [0.2, 0.25) is 0 Å². The molecule has 2 aromatic heterocycles. The zero-order chi connectivity index (χ0) is 25.8. The second-order valence-electron chi connectivity index (χ2n) is 10.1. The predicted molar refractivity (Wildman–Crippen MR) is 142 cm³/mol. The van der Waals surface area contributed by atoms with Gasteiger partial charge in [-0.05, 0) is 59.7 Å². The minimum Gasteiger partial charge on any atom is -0.503 e. The molecule has 184 valence electrons. The van der Waals surface area contributed by atoms with Crippen molar-refractivity contribution in [1.82, 2.24) is 4.98 Å². The molecule has 0 radical (unpaired) electrons. The number of benzene rings is 2. The molecule has 0 spiro atoms. The monoisotopic (exact) mass is 500 g/mol. The summed E-state index contributed by atoms with van der Waals surface area (Å²) in [6, 6.07) is 16.2. The van der Waals surface area contributed by atoms with E-state index in [2.05, 4.69) is 33.8 Å². The van der Waals surface area contributed by atoms with E-state index in [4.69, 9.17) is 9.40 Å². The largest absolute Gasteiger partial charge is 0.503 e. The van der Waals surface area contributed by atoms with Gasteiger partial charge in [-0.25, -0.2) is 4.98 Å². The molecule has 1 N–H and O–H groups in total. The van der Waals surface area contributed by atoms with Crippen molar-refractivity contribution in [2.24, 2.45) is 0 Å². The zero-order valence-corrected chi connectivity index (χ0v) is 21.8. The summed E-state index contributed by atoms with van der Waals surface area (Å²) in [7, 11) is 0. The first-order chi connectivity index (χ1) is 17.1. The smallest absolute Gasteiger partial charge is 0.296 e. The molecule has 0 unspecified atom stereocenters. The van der Waals surface area contributed by atoms with E-state index in [1.54, 1.807) is 19.1 Å². The standard InChI is InChI=1S/C29H28N2O4S/c1-6-17-8-13-20-22(15-17)36-28(30-20)31-24(18-9-11-19(12-10-18)29(3,4)5)23(26(33)27(31)34)25(32)21-14-7-16(2)35-21/h7-15,24,33H,6H2,1-5H3/t24-/m1/s1. The highest BCUT2D eigenvalue weighted by Crippen LogP contribution is 2.44. The lowest BCUT2D eigenvalue weighted by atomic mass is 9.85. The zero-order valence-electron chi connectivity index (χ0n) is 21.0. The molecule has 6 nitrogen and oxygen atoms in total. The molecule has 1 atom stereocenters. The fraction of sp³-hybridized carbons (Fsp3) is 0.276. The Balaban J connectivity index is 1.66. The Hall–Kier alpha value is -3.71. The van der Waals surface area contributed by atoms with Gasteiger partial charge in [-0.1, -0.05) is 69.4 Å². The Morgan fingerprint density at radius 3 is 2.44 bits per heavy atom. The molecule has 0 bridgehead atoms. The molecule has 5 rings (SSSR count). The van der Waals surface area contributed by atoms with Gasteiger partial charge in [0.2, 0.25) is 5.78 Å². The topological polar surface area (TPSA) is 83.6 Å².